The van der Waals surface area contributed by atoms with E-state index in [4.69, 9.17) is 0 Å². The number of hydrogen-bond donors (Lipinski definition) is 0. The molecule has 3 heterocycles. The van der Waals surface area contributed by atoms with Crippen LogP contribution in [0, 0.1) is 0 Å². The third-order valence-electron chi connectivity index (χ3n) is 5.62. The van der Waals surface area contributed by atoms with Crippen molar-refractivity contribution in [1.82, 2.24) is 0 Å². The number of hydrogen-bond acceptors (Lipinski definition) is 4. The number of thiophene rings is 2. The standard InChI is InChI=1S/C28H18N2O2S2/c31-27-23(16-22-17-25-26(33-22)18-24(34-25)19-10-4-1-5-11-19)28(32)30(21-14-8-3-9-15-21)29(27)20-12-6-2-7-13-20/h1-18H. The zero-order valence-electron chi connectivity index (χ0n) is 17.9. The van der Waals surface area contributed by atoms with E-state index in [0.717, 1.165) is 14.3 Å². The van der Waals surface area contributed by atoms with Gasteiger partial charge in [-0.05, 0) is 48.0 Å². The van der Waals surface area contributed by atoms with Gasteiger partial charge in [-0.15, -0.1) is 22.7 Å². The molecule has 1 fully saturated rings. The van der Waals surface area contributed by atoms with Gasteiger partial charge in [0, 0.05) is 19.2 Å². The third-order valence-corrected chi connectivity index (χ3v) is 7.91. The fraction of sp³-hybridized carbons (Fsp3) is 0. The van der Waals surface area contributed by atoms with Crippen LogP contribution in [0.15, 0.2) is 109 Å². The van der Waals surface area contributed by atoms with Crippen LogP contribution in [0.5, 0.6) is 0 Å². The van der Waals surface area contributed by atoms with Crippen molar-refractivity contribution in [2.24, 2.45) is 0 Å². The molecule has 164 valence electrons. The van der Waals surface area contributed by atoms with Crippen molar-refractivity contribution < 1.29 is 9.59 Å². The number of carbonyl (C=O) groups is 2. The molecule has 4 nitrogen and oxygen atoms in total. The average Bonchev–Trinajstić information content (AvgIpc) is 3.52. The van der Waals surface area contributed by atoms with Crippen molar-refractivity contribution in [3.8, 4) is 10.4 Å². The highest BCUT2D eigenvalue weighted by atomic mass is 32.1. The first-order chi connectivity index (χ1) is 16.7. The summed E-state index contributed by atoms with van der Waals surface area (Å²) in [5.74, 6) is -0.663. The lowest BCUT2D eigenvalue weighted by Crippen LogP contribution is -2.41. The Labute approximate surface area is 204 Å². The molecule has 0 saturated carbocycles. The molecule has 2 aromatic heterocycles. The van der Waals surface area contributed by atoms with Crippen LogP contribution in [0.25, 0.3) is 25.9 Å². The van der Waals surface area contributed by atoms with Crippen LogP contribution < -0.4 is 10.0 Å². The normalized spacial score (nSPS) is 13.8. The minimum absolute atomic E-state index is 0.157. The molecule has 1 aliphatic heterocycles. The summed E-state index contributed by atoms with van der Waals surface area (Å²) in [6.45, 7) is 0. The number of anilines is 2. The van der Waals surface area contributed by atoms with E-state index in [2.05, 4.69) is 24.3 Å². The van der Waals surface area contributed by atoms with Gasteiger partial charge in [-0.1, -0.05) is 66.7 Å². The number of nitrogens with zero attached hydrogens (tertiary/aromatic N) is 2. The number of fused-ring (bicyclic) bond motifs is 1. The molecule has 5 aromatic rings. The summed E-state index contributed by atoms with van der Waals surface area (Å²) in [5.41, 5.74) is 2.64. The second kappa shape index (κ2) is 8.41. The Morgan fingerprint density at radius 1 is 0.588 bits per heavy atom. The first kappa shape index (κ1) is 20.6. The van der Waals surface area contributed by atoms with Crippen molar-refractivity contribution in [3.05, 3.63) is 114 Å². The summed E-state index contributed by atoms with van der Waals surface area (Å²) in [5, 5.41) is 2.90. The Bertz CT molecular complexity index is 1450. The Morgan fingerprint density at radius 2 is 1.09 bits per heavy atom. The molecular weight excluding hydrogens is 460 g/mol. The first-order valence-corrected chi connectivity index (χ1v) is 12.4. The predicted molar refractivity (Wildman–Crippen MR) is 141 cm³/mol. The van der Waals surface area contributed by atoms with E-state index in [1.165, 1.54) is 20.5 Å². The van der Waals surface area contributed by atoms with E-state index in [1.54, 1.807) is 28.7 Å². The Balaban J connectivity index is 1.40. The molecule has 0 N–H and O–H groups in total. The fourth-order valence-electron chi connectivity index (χ4n) is 4.04. The van der Waals surface area contributed by atoms with Crippen LogP contribution in [0.2, 0.25) is 0 Å². The Hall–Kier alpha value is -4.00. The van der Waals surface area contributed by atoms with Crippen LogP contribution in [-0.4, -0.2) is 11.8 Å². The van der Waals surface area contributed by atoms with Gasteiger partial charge in [0.25, 0.3) is 11.8 Å². The second-order valence-corrected chi connectivity index (χ2v) is 10.0. The molecule has 0 spiro atoms. The van der Waals surface area contributed by atoms with Crippen molar-refractivity contribution in [3.63, 3.8) is 0 Å². The van der Waals surface area contributed by atoms with Gasteiger partial charge in [-0.25, -0.2) is 10.0 Å². The SMILES string of the molecule is O=C1C(=Cc2cc3sc(-c4ccccc4)cc3s2)C(=O)N(c2ccccc2)N1c1ccccc1. The summed E-state index contributed by atoms with van der Waals surface area (Å²) < 4.78 is 2.29. The molecule has 0 radical (unpaired) electrons. The van der Waals surface area contributed by atoms with E-state index in [9.17, 15) is 9.59 Å². The summed E-state index contributed by atoms with van der Waals surface area (Å²) in [7, 11) is 0. The Kier molecular flexibility index (Phi) is 5.09. The van der Waals surface area contributed by atoms with Gasteiger partial charge in [0.1, 0.15) is 5.57 Å². The van der Waals surface area contributed by atoms with E-state index in [-0.39, 0.29) is 17.4 Å². The molecule has 0 bridgehead atoms. The molecule has 0 aliphatic carbocycles. The van der Waals surface area contributed by atoms with Crippen LogP contribution in [0.3, 0.4) is 0 Å². The number of para-hydroxylation sites is 2. The van der Waals surface area contributed by atoms with Crippen LogP contribution in [-0.2, 0) is 9.59 Å². The molecule has 6 rings (SSSR count). The van der Waals surface area contributed by atoms with Gasteiger partial charge in [0.15, 0.2) is 0 Å². The molecule has 1 aliphatic rings. The first-order valence-electron chi connectivity index (χ1n) is 10.8. The molecule has 0 atom stereocenters. The largest absolute Gasteiger partial charge is 0.283 e. The van der Waals surface area contributed by atoms with Gasteiger partial charge in [-0.3, -0.25) is 9.59 Å². The molecule has 0 unspecified atom stereocenters. The minimum atomic E-state index is -0.332. The van der Waals surface area contributed by atoms with Gasteiger partial charge in [0.05, 0.1) is 11.4 Å². The zero-order chi connectivity index (χ0) is 23.1. The maximum Gasteiger partial charge on any atom is 0.283 e. The fourth-order valence-corrected chi connectivity index (χ4v) is 6.40. The van der Waals surface area contributed by atoms with E-state index in [0.29, 0.717) is 11.4 Å². The lowest BCUT2D eigenvalue weighted by Gasteiger charge is -2.27. The predicted octanol–water partition coefficient (Wildman–Crippen LogP) is 7.01. The van der Waals surface area contributed by atoms with Crippen molar-refractivity contribution in [2.75, 3.05) is 10.0 Å². The van der Waals surface area contributed by atoms with Gasteiger partial charge in [-0.2, -0.15) is 0 Å². The van der Waals surface area contributed by atoms with Crippen LogP contribution in [0.1, 0.15) is 4.88 Å². The van der Waals surface area contributed by atoms with Crippen LogP contribution >= 0.6 is 22.7 Å². The maximum atomic E-state index is 13.5. The van der Waals surface area contributed by atoms with Gasteiger partial charge < -0.3 is 0 Å². The monoisotopic (exact) mass is 478 g/mol. The lowest BCUT2D eigenvalue weighted by atomic mass is 10.2. The Morgan fingerprint density at radius 3 is 1.62 bits per heavy atom. The minimum Gasteiger partial charge on any atom is -0.267 e. The van der Waals surface area contributed by atoms with E-state index >= 15 is 0 Å². The molecule has 6 heteroatoms. The number of rotatable bonds is 4. The quantitative estimate of drug-likeness (QED) is 0.206. The number of amides is 2. The highest BCUT2D eigenvalue weighted by molar-refractivity contribution is 7.29. The maximum absolute atomic E-state index is 13.5. The second-order valence-electron chi connectivity index (χ2n) is 7.82. The number of hydrazine groups is 1. The molecule has 34 heavy (non-hydrogen) atoms. The molecular formula is C28H18N2O2S2. The van der Waals surface area contributed by atoms with Crippen molar-refractivity contribution in [2.45, 2.75) is 0 Å². The van der Waals surface area contributed by atoms with Crippen molar-refractivity contribution >= 4 is 61.3 Å². The van der Waals surface area contributed by atoms with E-state index < -0.39 is 0 Å². The lowest BCUT2D eigenvalue weighted by molar-refractivity contribution is -0.116. The molecule has 2 amide bonds. The summed E-state index contributed by atoms with van der Waals surface area (Å²) in [6.07, 6.45) is 1.73. The number of benzene rings is 3. The summed E-state index contributed by atoms with van der Waals surface area (Å²) in [4.78, 5) is 29.1. The highest BCUT2D eigenvalue weighted by Crippen LogP contribution is 2.40. The third kappa shape index (κ3) is 3.53. The molecule has 3 aromatic carbocycles. The molecule has 1 saturated heterocycles. The van der Waals surface area contributed by atoms with Gasteiger partial charge >= 0.3 is 0 Å². The van der Waals surface area contributed by atoms with Crippen molar-refractivity contribution in [1.29, 1.82) is 0 Å². The highest BCUT2D eigenvalue weighted by Gasteiger charge is 2.42. The summed E-state index contributed by atoms with van der Waals surface area (Å²) >= 11 is 3.31. The number of carbonyl (C=O) groups excluding carboxylic acids is 2. The smallest absolute Gasteiger partial charge is 0.267 e. The average molecular weight is 479 g/mol. The van der Waals surface area contributed by atoms with E-state index in [1.807, 2.05) is 78.9 Å². The topological polar surface area (TPSA) is 40.6 Å². The van der Waals surface area contributed by atoms with Gasteiger partial charge in [0.2, 0.25) is 0 Å². The zero-order valence-corrected chi connectivity index (χ0v) is 19.6. The van der Waals surface area contributed by atoms with Crippen LogP contribution in [0.4, 0.5) is 11.4 Å². The summed E-state index contributed by atoms with van der Waals surface area (Å²) in [6, 6.07) is 33.0.